The molecule has 1 aromatic rings. The van der Waals surface area contributed by atoms with Crippen molar-refractivity contribution in [3.63, 3.8) is 0 Å². The maximum atomic E-state index is 12.8. The van der Waals surface area contributed by atoms with Gasteiger partial charge in [0.05, 0.1) is 11.3 Å². The first-order chi connectivity index (χ1) is 7.34. The summed E-state index contributed by atoms with van der Waals surface area (Å²) in [6.07, 6.45) is 0. The normalized spacial score (nSPS) is 13.4. The largest absolute Gasteiger partial charge is 0.478 e. The van der Waals surface area contributed by atoms with Crippen LogP contribution in [0.3, 0.4) is 0 Å². The van der Waals surface area contributed by atoms with E-state index in [1.54, 1.807) is 0 Å². The molecular formula is C10H11FO4S. The smallest absolute Gasteiger partial charge is 0.335 e. The van der Waals surface area contributed by atoms with E-state index in [0.29, 0.717) is 0 Å². The number of benzene rings is 1. The van der Waals surface area contributed by atoms with Crippen molar-refractivity contribution in [3.8, 4) is 0 Å². The Morgan fingerprint density at radius 2 is 2.00 bits per heavy atom. The average molecular weight is 246 g/mol. The third-order valence-corrected chi connectivity index (χ3v) is 3.80. The molecule has 0 heterocycles. The first-order valence-electron chi connectivity index (χ1n) is 4.51. The van der Waals surface area contributed by atoms with Crippen molar-refractivity contribution < 1.29 is 22.7 Å². The van der Waals surface area contributed by atoms with E-state index in [9.17, 15) is 17.6 Å². The van der Waals surface area contributed by atoms with E-state index < -0.39 is 27.1 Å². The van der Waals surface area contributed by atoms with Crippen LogP contribution in [0.25, 0.3) is 0 Å². The number of carbonyl (C=O) groups is 1. The van der Waals surface area contributed by atoms with Gasteiger partial charge in [-0.05, 0) is 18.6 Å². The van der Waals surface area contributed by atoms with Crippen LogP contribution in [0.4, 0.5) is 4.39 Å². The summed E-state index contributed by atoms with van der Waals surface area (Å²) in [4.78, 5) is 10.8. The minimum absolute atomic E-state index is 0.0968. The first-order valence-corrected chi connectivity index (χ1v) is 6.23. The molecule has 4 nitrogen and oxygen atoms in total. The molecule has 0 fully saturated rings. The molecule has 6 heteroatoms. The van der Waals surface area contributed by atoms with Crippen LogP contribution in [-0.2, 0) is 15.6 Å². The fraction of sp³-hybridized carbons (Fsp3) is 0.300. The Hall–Kier alpha value is -1.43. The van der Waals surface area contributed by atoms with Crippen LogP contribution < -0.4 is 0 Å². The summed E-state index contributed by atoms with van der Waals surface area (Å²) < 4.78 is 35.4. The highest BCUT2D eigenvalue weighted by atomic mass is 32.2. The van der Waals surface area contributed by atoms with Crippen molar-refractivity contribution in [1.29, 1.82) is 0 Å². The molecule has 88 valence electrons. The summed E-state index contributed by atoms with van der Waals surface area (Å²) >= 11 is 0. The molecular weight excluding hydrogens is 235 g/mol. The van der Waals surface area contributed by atoms with Gasteiger partial charge in [-0.15, -0.1) is 0 Å². The summed E-state index contributed by atoms with van der Waals surface area (Å²) in [7, 11) is -3.94. The van der Waals surface area contributed by atoms with E-state index in [0.717, 1.165) is 6.92 Å². The van der Waals surface area contributed by atoms with Crippen LogP contribution in [0.15, 0.2) is 24.3 Å². The second kappa shape index (κ2) is 4.61. The van der Waals surface area contributed by atoms with Gasteiger partial charge in [0.2, 0.25) is 0 Å². The predicted molar refractivity (Wildman–Crippen MR) is 56.6 cm³/mol. The van der Waals surface area contributed by atoms with Gasteiger partial charge in [-0.3, -0.25) is 0 Å². The lowest BCUT2D eigenvalue weighted by Gasteiger charge is -2.07. The molecule has 0 saturated heterocycles. The SMILES string of the molecule is CC(F)S(=O)(=O)Cc1ccccc1C(=O)O. The number of aromatic carboxylic acids is 1. The zero-order chi connectivity index (χ0) is 12.3. The molecule has 0 radical (unpaired) electrons. The van der Waals surface area contributed by atoms with Crippen molar-refractivity contribution in [2.45, 2.75) is 18.2 Å². The van der Waals surface area contributed by atoms with Gasteiger partial charge in [0.1, 0.15) is 0 Å². The predicted octanol–water partition coefficient (Wildman–Crippen LogP) is 1.62. The van der Waals surface area contributed by atoms with Gasteiger partial charge in [-0.25, -0.2) is 17.6 Å². The van der Waals surface area contributed by atoms with Gasteiger partial charge in [-0.1, -0.05) is 18.2 Å². The lowest BCUT2D eigenvalue weighted by Crippen LogP contribution is -2.16. The second-order valence-electron chi connectivity index (χ2n) is 3.31. The van der Waals surface area contributed by atoms with Gasteiger partial charge in [0.25, 0.3) is 0 Å². The van der Waals surface area contributed by atoms with Gasteiger partial charge < -0.3 is 5.11 Å². The number of sulfone groups is 1. The fourth-order valence-electron chi connectivity index (χ4n) is 1.19. The standard InChI is InChI=1S/C10H11FO4S/c1-7(11)16(14,15)6-8-4-2-3-5-9(8)10(12)13/h2-5,7H,6H2,1H3,(H,12,13). The minimum atomic E-state index is -3.94. The summed E-state index contributed by atoms with van der Waals surface area (Å²) in [5.41, 5.74) is -2.03. The van der Waals surface area contributed by atoms with E-state index in [1.165, 1.54) is 24.3 Å². The maximum absolute atomic E-state index is 12.8. The van der Waals surface area contributed by atoms with E-state index in [1.807, 2.05) is 0 Å². The summed E-state index contributed by atoms with van der Waals surface area (Å²) in [5.74, 6) is -1.83. The van der Waals surface area contributed by atoms with Crippen molar-refractivity contribution in [1.82, 2.24) is 0 Å². The topological polar surface area (TPSA) is 71.4 Å². The Labute approximate surface area is 92.6 Å². The number of halogens is 1. The van der Waals surface area contributed by atoms with Crippen molar-refractivity contribution in [3.05, 3.63) is 35.4 Å². The molecule has 0 aromatic heterocycles. The molecule has 0 aliphatic carbocycles. The van der Waals surface area contributed by atoms with Crippen LogP contribution in [0, 0.1) is 0 Å². The number of rotatable bonds is 4. The highest BCUT2D eigenvalue weighted by Gasteiger charge is 2.22. The molecule has 0 aliphatic rings. The molecule has 1 atom stereocenters. The van der Waals surface area contributed by atoms with Crippen LogP contribution in [0.5, 0.6) is 0 Å². The van der Waals surface area contributed by atoms with Crippen LogP contribution >= 0.6 is 0 Å². The van der Waals surface area contributed by atoms with E-state index in [-0.39, 0.29) is 11.1 Å². The van der Waals surface area contributed by atoms with Crippen LogP contribution in [0.1, 0.15) is 22.8 Å². The van der Waals surface area contributed by atoms with Crippen molar-refractivity contribution in [2.75, 3.05) is 0 Å². The van der Waals surface area contributed by atoms with Gasteiger partial charge >= 0.3 is 5.97 Å². The molecule has 1 unspecified atom stereocenters. The lowest BCUT2D eigenvalue weighted by atomic mass is 10.1. The highest BCUT2D eigenvalue weighted by molar-refractivity contribution is 7.91. The maximum Gasteiger partial charge on any atom is 0.335 e. The summed E-state index contributed by atoms with van der Waals surface area (Å²) in [5, 5.41) is 8.81. The van der Waals surface area contributed by atoms with Crippen molar-refractivity contribution >= 4 is 15.8 Å². The van der Waals surface area contributed by atoms with E-state index in [4.69, 9.17) is 5.11 Å². The number of hydrogen-bond acceptors (Lipinski definition) is 3. The van der Waals surface area contributed by atoms with E-state index >= 15 is 0 Å². The monoisotopic (exact) mass is 246 g/mol. The Bertz CT molecular complexity index is 493. The Morgan fingerprint density at radius 3 is 2.50 bits per heavy atom. The molecule has 1 N–H and O–H groups in total. The molecule has 1 aromatic carbocycles. The molecule has 0 bridgehead atoms. The first kappa shape index (κ1) is 12.6. The molecule has 0 saturated carbocycles. The average Bonchev–Trinajstić information content (AvgIpc) is 2.17. The lowest BCUT2D eigenvalue weighted by molar-refractivity contribution is 0.0696. The zero-order valence-electron chi connectivity index (χ0n) is 8.55. The number of carboxylic acid groups (broad SMARTS) is 1. The number of alkyl halides is 1. The van der Waals surface area contributed by atoms with Crippen LogP contribution in [-0.4, -0.2) is 25.0 Å². The number of carboxylic acids is 1. The Morgan fingerprint density at radius 1 is 1.44 bits per heavy atom. The summed E-state index contributed by atoms with van der Waals surface area (Å²) in [6.45, 7) is 0.915. The molecule has 0 spiro atoms. The van der Waals surface area contributed by atoms with Gasteiger partial charge in [0.15, 0.2) is 15.3 Å². The quantitative estimate of drug-likeness (QED) is 0.876. The van der Waals surface area contributed by atoms with Gasteiger partial charge in [0, 0.05) is 0 Å². The third-order valence-electron chi connectivity index (χ3n) is 2.10. The Balaban J connectivity index is 3.12. The van der Waals surface area contributed by atoms with Crippen LogP contribution in [0.2, 0.25) is 0 Å². The van der Waals surface area contributed by atoms with Gasteiger partial charge in [-0.2, -0.15) is 0 Å². The van der Waals surface area contributed by atoms with Crippen molar-refractivity contribution in [2.24, 2.45) is 0 Å². The molecule has 0 amide bonds. The van der Waals surface area contributed by atoms with E-state index in [2.05, 4.69) is 0 Å². The summed E-state index contributed by atoms with van der Waals surface area (Å²) in [6, 6.07) is 5.65. The third kappa shape index (κ3) is 2.79. The zero-order valence-corrected chi connectivity index (χ0v) is 9.37. The fourth-order valence-corrected chi connectivity index (χ4v) is 2.10. The molecule has 1 rings (SSSR count). The Kier molecular flexibility index (Phi) is 3.64. The molecule has 0 aliphatic heterocycles. The number of hydrogen-bond donors (Lipinski definition) is 1. The minimum Gasteiger partial charge on any atom is -0.478 e. The highest BCUT2D eigenvalue weighted by Crippen LogP contribution is 2.16. The molecule has 16 heavy (non-hydrogen) atoms. The second-order valence-corrected chi connectivity index (χ2v) is 5.58.